The van der Waals surface area contributed by atoms with Gasteiger partial charge in [-0.3, -0.25) is 14.7 Å². The molecule has 100 valence electrons. The predicted octanol–water partition coefficient (Wildman–Crippen LogP) is 0.653. The third-order valence-electron chi connectivity index (χ3n) is 2.27. The molecule has 3 amide bonds. The van der Waals surface area contributed by atoms with Crippen molar-refractivity contribution in [2.45, 2.75) is 0 Å². The van der Waals surface area contributed by atoms with Crippen molar-refractivity contribution < 1.29 is 14.4 Å². The molecule has 0 bridgehead atoms. The lowest BCUT2D eigenvalue weighted by atomic mass is 10.2. The molecule has 0 aliphatic rings. The second-order valence-electron chi connectivity index (χ2n) is 3.75. The highest BCUT2D eigenvalue weighted by Crippen LogP contribution is 2.03. The summed E-state index contributed by atoms with van der Waals surface area (Å²) in [5, 5.41) is 0.748. The van der Waals surface area contributed by atoms with Crippen molar-refractivity contribution in [2.24, 2.45) is 5.84 Å². The highest BCUT2D eigenvalue weighted by atomic mass is 16.2. The zero-order valence-electron chi connectivity index (χ0n) is 10.5. The average Bonchev–Trinajstić information content (AvgIpc) is 2.42. The van der Waals surface area contributed by atoms with Crippen LogP contribution in [0.2, 0.25) is 0 Å². The average molecular weight is 261 g/mol. The van der Waals surface area contributed by atoms with Gasteiger partial charge in [-0.1, -0.05) is 30.3 Å². The number of hydrazine groups is 1. The van der Waals surface area contributed by atoms with Crippen LogP contribution < -0.4 is 5.84 Å². The van der Waals surface area contributed by atoms with Crippen LogP contribution in [0.25, 0.3) is 6.08 Å². The van der Waals surface area contributed by atoms with Crippen LogP contribution >= 0.6 is 0 Å². The van der Waals surface area contributed by atoms with Crippen LogP contribution in [-0.4, -0.2) is 41.7 Å². The summed E-state index contributed by atoms with van der Waals surface area (Å²) in [6.45, 7) is -0.335. The van der Waals surface area contributed by atoms with Crippen molar-refractivity contribution >= 4 is 24.3 Å². The van der Waals surface area contributed by atoms with E-state index in [0.717, 1.165) is 15.5 Å². The number of benzene rings is 1. The lowest BCUT2D eigenvalue weighted by Gasteiger charge is -2.20. The summed E-state index contributed by atoms with van der Waals surface area (Å²) in [6.07, 6.45) is 3.25. The van der Waals surface area contributed by atoms with Gasteiger partial charge in [-0.2, -0.15) is 0 Å². The molecule has 0 saturated heterocycles. The van der Waals surface area contributed by atoms with Gasteiger partial charge in [0.1, 0.15) is 6.29 Å². The summed E-state index contributed by atoms with van der Waals surface area (Å²) in [4.78, 5) is 34.7. The van der Waals surface area contributed by atoms with E-state index in [1.165, 1.54) is 13.1 Å². The first-order chi connectivity index (χ1) is 9.06. The lowest BCUT2D eigenvalue weighted by Crippen LogP contribution is -2.47. The molecular weight excluding hydrogens is 246 g/mol. The molecule has 0 aliphatic carbocycles. The Morgan fingerprint density at radius 3 is 2.42 bits per heavy atom. The number of amides is 3. The number of nitrogens with two attached hydrogens (primary N) is 1. The Morgan fingerprint density at radius 1 is 1.26 bits per heavy atom. The molecule has 1 aromatic carbocycles. The maximum atomic E-state index is 11.8. The van der Waals surface area contributed by atoms with Gasteiger partial charge in [0.2, 0.25) is 0 Å². The number of carbonyl (C=O) groups is 3. The molecule has 19 heavy (non-hydrogen) atoms. The van der Waals surface area contributed by atoms with Gasteiger partial charge in [-0.05, 0) is 11.6 Å². The summed E-state index contributed by atoms with van der Waals surface area (Å²) in [7, 11) is 1.30. The van der Waals surface area contributed by atoms with E-state index in [2.05, 4.69) is 0 Å². The Bertz CT molecular complexity index is 483. The van der Waals surface area contributed by atoms with E-state index < -0.39 is 11.9 Å². The van der Waals surface area contributed by atoms with Crippen LogP contribution in [0.5, 0.6) is 0 Å². The van der Waals surface area contributed by atoms with Crippen molar-refractivity contribution in [3.63, 3.8) is 0 Å². The van der Waals surface area contributed by atoms with Gasteiger partial charge in [0, 0.05) is 13.1 Å². The summed E-state index contributed by atoms with van der Waals surface area (Å²) in [5.41, 5.74) is 0.815. The minimum atomic E-state index is -0.741. The first-order valence-corrected chi connectivity index (χ1v) is 5.57. The predicted molar refractivity (Wildman–Crippen MR) is 70.6 cm³/mol. The topological polar surface area (TPSA) is 83.7 Å². The van der Waals surface area contributed by atoms with Crippen LogP contribution in [0.3, 0.4) is 0 Å². The van der Waals surface area contributed by atoms with E-state index in [1.807, 2.05) is 30.3 Å². The molecule has 0 spiro atoms. The number of aldehydes is 1. The van der Waals surface area contributed by atoms with Crippen molar-refractivity contribution in [3.8, 4) is 0 Å². The first kappa shape index (κ1) is 14.6. The molecule has 0 unspecified atom stereocenters. The molecule has 0 fully saturated rings. The number of imide groups is 1. The molecule has 0 aromatic heterocycles. The Balaban J connectivity index is 2.80. The molecule has 0 saturated carbocycles. The Hall–Kier alpha value is -2.47. The minimum absolute atomic E-state index is 0.335. The molecule has 0 atom stereocenters. The molecule has 6 heteroatoms. The maximum Gasteiger partial charge on any atom is 0.341 e. The molecule has 2 N–H and O–H groups in total. The largest absolute Gasteiger partial charge is 0.341 e. The van der Waals surface area contributed by atoms with Gasteiger partial charge in [-0.15, -0.1) is 0 Å². The third-order valence-corrected chi connectivity index (χ3v) is 2.27. The zero-order chi connectivity index (χ0) is 14.3. The fraction of sp³-hybridized carbons (Fsp3) is 0.154. The molecule has 0 heterocycles. The van der Waals surface area contributed by atoms with E-state index in [4.69, 9.17) is 5.84 Å². The molecular formula is C13H15N3O3. The van der Waals surface area contributed by atoms with Gasteiger partial charge in [-0.25, -0.2) is 10.6 Å². The van der Waals surface area contributed by atoms with Crippen molar-refractivity contribution in [2.75, 3.05) is 13.6 Å². The van der Waals surface area contributed by atoms with E-state index in [-0.39, 0.29) is 6.54 Å². The lowest BCUT2D eigenvalue weighted by molar-refractivity contribution is -0.126. The monoisotopic (exact) mass is 261 g/mol. The summed E-state index contributed by atoms with van der Waals surface area (Å²) in [5.74, 6) is 4.66. The van der Waals surface area contributed by atoms with Crippen LogP contribution in [0.15, 0.2) is 36.4 Å². The third kappa shape index (κ3) is 4.36. The van der Waals surface area contributed by atoms with E-state index in [0.29, 0.717) is 6.29 Å². The minimum Gasteiger partial charge on any atom is -0.301 e. The molecule has 0 aliphatic heterocycles. The van der Waals surface area contributed by atoms with Crippen LogP contribution in [-0.2, 0) is 9.59 Å². The fourth-order valence-electron chi connectivity index (χ4n) is 1.35. The van der Waals surface area contributed by atoms with Gasteiger partial charge in [0.15, 0.2) is 0 Å². The number of carbonyl (C=O) groups excluding carboxylic acids is 3. The molecule has 1 rings (SSSR count). The summed E-state index contributed by atoms with van der Waals surface area (Å²) < 4.78 is 0. The number of rotatable bonds is 4. The van der Waals surface area contributed by atoms with Crippen molar-refractivity contribution in [1.29, 1.82) is 0 Å². The number of urea groups is 1. The number of hydrogen-bond acceptors (Lipinski definition) is 4. The maximum absolute atomic E-state index is 11.8. The number of nitrogens with zero attached hydrogens (tertiary/aromatic N) is 2. The zero-order valence-corrected chi connectivity index (χ0v) is 10.5. The van der Waals surface area contributed by atoms with Gasteiger partial charge in [0.05, 0.1) is 6.54 Å². The van der Waals surface area contributed by atoms with Crippen LogP contribution in [0.4, 0.5) is 4.79 Å². The van der Waals surface area contributed by atoms with E-state index in [1.54, 1.807) is 6.08 Å². The highest BCUT2D eigenvalue weighted by Gasteiger charge is 2.20. The molecule has 1 aromatic rings. The SMILES string of the molecule is CN(N)C(=O)N(CC=O)C(=O)C=Cc1ccccc1. The highest BCUT2D eigenvalue weighted by molar-refractivity contribution is 6.03. The van der Waals surface area contributed by atoms with Crippen LogP contribution in [0.1, 0.15) is 5.56 Å². The second-order valence-corrected chi connectivity index (χ2v) is 3.75. The van der Waals surface area contributed by atoms with Gasteiger partial charge in [0.25, 0.3) is 5.91 Å². The van der Waals surface area contributed by atoms with Gasteiger partial charge >= 0.3 is 6.03 Å². The van der Waals surface area contributed by atoms with Crippen molar-refractivity contribution in [1.82, 2.24) is 9.91 Å². The normalized spacial score (nSPS) is 10.2. The Morgan fingerprint density at radius 2 is 1.89 bits per heavy atom. The smallest absolute Gasteiger partial charge is 0.301 e. The molecule has 0 radical (unpaired) electrons. The summed E-state index contributed by atoms with van der Waals surface area (Å²) >= 11 is 0. The quantitative estimate of drug-likeness (QED) is 0.283. The van der Waals surface area contributed by atoms with E-state index >= 15 is 0 Å². The van der Waals surface area contributed by atoms with Crippen LogP contribution in [0, 0.1) is 0 Å². The second kappa shape index (κ2) is 7.07. The van der Waals surface area contributed by atoms with E-state index in [9.17, 15) is 14.4 Å². The standard InChI is InChI=1S/C13H15N3O3/c1-15(14)13(19)16(9-10-17)12(18)8-7-11-5-3-2-4-6-11/h2-8,10H,9,14H2,1H3. The summed E-state index contributed by atoms with van der Waals surface area (Å²) in [6, 6.07) is 8.38. The van der Waals surface area contributed by atoms with Crippen molar-refractivity contribution in [3.05, 3.63) is 42.0 Å². The van der Waals surface area contributed by atoms with Gasteiger partial charge < -0.3 is 4.79 Å². The first-order valence-electron chi connectivity index (χ1n) is 5.57. The Kier molecular flexibility index (Phi) is 5.43. The molecule has 6 nitrogen and oxygen atoms in total. The number of hydrogen-bond donors (Lipinski definition) is 1. The Labute approximate surface area is 111 Å². The fourth-order valence-corrected chi connectivity index (χ4v) is 1.35.